The number of hydrogen-bond acceptors (Lipinski definition) is 4. The Balaban J connectivity index is 1.84. The predicted molar refractivity (Wildman–Crippen MR) is 106 cm³/mol. The highest BCUT2D eigenvalue weighted by Gasteiger charge is 2.06. The molecule has 2 rings (SSSR count). The highest BCUT2D eigenvalue weighted by atomic mass is 32.1. The van der Waals surface area contributed by atoms with E-state index in [4.69, 9.17) is 4.74 Å². The van der Waals surface area contributed by atoms with E-state index in [1.807, 2.05) is 25.3 Å². The second-order valence-electron chi connectivity index (χ2n) is 5.89. The number of aliphatic imine (C=N–C) groups is 1. The number of thiazole rings is 1. The SMILES string of the molecule is CCNC(=NCc1ncc(CC)s1)NCC(C)Oc1ccc(C)cc1. The molecule has 0 aliphatic carbocycles. The molecule has 6 heteroatoms. The van der Waals surface area contributed by atoms with Crippen molar-refractivity contribution in [2.75, 3.05) is 13.1 Å². The summed E-state index contributed by atoms with van der Waals surface area (Å²) in [5, 5.41) is 7.63. The van der Waals surface area contributed by atoms with Crippen LogP contribution in [0.25, 0.3) is 0 Å². The fourth-order valence-corrected chi connectivity index (χ4v) is 2.99. The third-order valence-corrected chi connectivity index (χ3v) is 4.71. The molecule has 0 aliphatic rings. The number of nitrogens with zero attached hydrogens (tertiary/aromatic N) is 2. The van der Waals surface area contributed by atoms with Crippen molar-refractivity contribution in [2.45, 2.75) is 46.8 Å². The standard InChI is InChI=1S/C19H28N4OS/c1-5-17-12-21-18(25-17)13-23-19(20-6-2)22-11-15(4)24-16-9-7-14(3)8-10-16/h7-10,12,15H,5-6,11,13H2,1-4H3,(H2,20,22,23). The molecule has 2 aromatic rings. The van der Waals surface area contributed by atoms with Gasteiger partial charge in [-0.05, 0) is 39.3 Å². The second kappa shape index (κ2) is 10.0. The fraction of sp³-hybridized carbons (Fsp3) is 0.474. The Hall–Kier alpha value is -2.08. The van der Waals surface area contributed by atoms with Crippen LogP contribution in [0.15, 0.2) is 35.5 Å². The van der Waals surface area contributed by atoms with Gasteiger partial charge < -0.3 is 15.4 Å². The van der Waals surface area contributed by atoms with Gasteiger partial charge in [0.2, 0.25) is 0 Å². The first-order valence-corrected chi connectivity index (χ1v) is 9.61. The molecule has 0 bridgehead atoms. The first-order chi connectivity index (χ1) is 12.1. The highest BCUT2D eigenvalue weighted by molar-refractivity contribution is 7.11. The van der Waals surface area contributed by atoms with Crippen LogP contribution in [0.3, 0.4) is 0 Å². The topological polar surface area (TPSA) is 58.5 Å². The molecule has 0 amide bonds. The Morgan fingerprint density at radius 1 is 1.24 bits per heavy atom. The molecular weight excluding hydrogens is 332 g/mol. The van der Waals surface area contributed by atoms with Crippen LogP contribution in [0.1, 0.15) is 36.2 Å². The van der Waals surface area contributed by atoms with Gasteiger partial charge in [0.15, 0.2) is 5.96 Å². The Morgan fingerprint density at radius 3 is 2.64 bits per heavy atom. The van der Waals surface area contributed by atoms with Gasteiger partial charge in [-0.25, -0.2) is 9.98 Å². The van der Waals surface area contributed by atoms with Gasteiger partial charge in [-0.2, -0.15) is 0 Å². The van der Waals surface area contributed by atoms with Crippen LogP contribution in [0, 0.1) is 6.92 Å². The summed E-state index contributed by atoms with van der Waals surface area (Å²) in [6.07, 6.45) is 3.00. The summed E-state index contributed by atoms with van der Waals surface area (Å²) in [6.45, 7) is 10.4. The van der Waals surface area contributed by atoms with Gasteiger partial charge in [0.05, 0.1) is 13.1 Å². The van der Waals surface area contributed by atoms with E-state index >= 15 is 0 Å². The van der Waals surface area contributed by atoms with Crippen molar-refractivity contribution in [3.05, 3.63) is 45.9 Å². The molecular formula is C19H28N4OS. The van der Waals surface area contributed by atoms with E-state index in [2.05, 4.69) is 53.5 Å². The van der Waals surface area contributed by atoms with Crippen molar-refractivity contribution < 1.29 is 4.74 Å². The molecule has 0 saturated heterocycles. The smallest absolute Gasteiger partial charge is 0.191 e. The van der Waals surface area contributed by atoms with Gasteiger partial charge in [-0.1, -0.05) is 24.6 Å². The van der Waals surface area contributed by atoms with E-state index < -0.39 is 0 Å². The maximum Gasteiger partial charge on any atom is 0.191 e. The summed E-state index contributed by atoms with van der Waals surface area (Å²) >= 11 is 1.72. The molecule has 0 spiro atoms. The van der Waals surface area contributed by atoms with E-state index in [9.17, 15) is 0 Å². The van der Waals surface area contributed by atoms with Gasteiger partial charge >= 0.3 is 0 Å². The van der Waals surface area contributed by atoms with E-state index in [1.54, 1.807) is 11.3 Å². The second-order valence-corrected chi connectivity index (χ2v) is 7.09. The van der Waals surface area contributed by atoms with Crippen LogP contribution in [0.4, 0.5) is 0 Å². The van der Waals surface area contributed by atoms with Crippen molar-refractivity contribution >= 4 is 17.3 Å². The van der Waals surface area contributed by atoms with Gasteiger partial charge in [-0.3, -0.25) is 0 Å². The Bertz CT molecular complexity index is 666. The minimum atomic E-state index is 0.0399. The molecule has 0 saturated carbocycles. The number of rotatable bonds is 8. The number of hydrogen-bond donors (Lipinski definition) is 2. The maximum atomic E-state index is 5.92. The number of nitrogens with one attached hydrogen (secondary N) is 2. The van der Waals surface area contributed by atoms with E-state index in [0.717, 1.165) is 29.7 Å². The molecule has 5 nitrogen and oxygen atoms in total. The number of benzene rings is 1. The van der Waals surface area contributed by atoms with Crippen LogP contribution >= 0.6 is 11.3 Å². The minimum absolute atomic E-state index is 0.0399. The van der Waals surface area contributed by atoms with E-state index in [1.165, 1.54) is 10.4 Å². The van der Waals surface area contributed by atoms with Crippen LogP contribution < -0.4 is 15.4 Å². The van der Waals surface area contributed by atoms with Crippen LogP contribution in [-0.2, 0) is 13.0 Å². The lowest BCUT2D eigenvalue weighted by atomic mass is 10.2. The summed E-state index contributed by atoms with van der Waals surface area (Å²) in [5.41, 5.74) is 1.23. The molecule has 136 valence electrons. The first kappa shape index (κ1) is 19.2. The minimum Gasteiger partial charge on any atom is -0.489 e. The Labute approximate surface area is 154 Å². The highest BCUT2D eigenvalue weighted by Crippen LogP contribution is 2.14. The molecule has 1 aromatic heterocycles. The maximum absolute atomic E-state index is 5.92. The zero-order chi connectivity index (χ0) is 18.1. The largest absolute Gasteiger partial charge is 0.489 e. The first-order valence-electron chi connectivity index (χ1n) is 8.79. The zero-order valence-electron chi connectivity index (χ0n) is 15.5. The molecule has 0 fully saturated rings. The summed E-state index contributed by atoms with van der Waals surface area (Å²) in [7, 11) is 0. The van der Waals surface area contributed by atoms with Gasteiger partial charge in [0.25, 0.3) is 0 Å². The fourth-order valence-electron chi connectivity index (χ4n) is 2.20. The molecule has 0 aliphatic heterocycles. The summed E-state index contributed by atoms with van der Waals surface area (Å²) in [6, 6.07) is 8.11. The van der Waals surface area contributed by atoms with Crippen molar-refractivity contribution in [3.8, 4) is 5.75 Å². The van der Waals surface area contributed by atoms with E-state index in [0.29, 0.717) is 13.1 Å². The molecule has 1 heterocycles. The average molecular weight is 361 g/mol. The van der Waals surface area contributed by atoms with Gasteiger partial charge in [0.1, 0.15) is 16.9 Å². The summed E-state index contributed by atoms with van der Waals surface area (Å²) in [4.78, 5) is 10.3. The van der Waals surface area contributed by atoms with Crippen LogP contribution in [-0.4, -0.2) is 30.1 Å². The van der Waals surface area contributed by atoms with Crippen molar-refractivity contribution in [1.82, 2.24) is 15.6 Å². The number of aromatic nitrogens is 1. The summed E-state index contributed by atoms with van der Waals surface area (Å²) < 4.78 is 5.92. The normalized spacial score (nSPS) is 12.7. The molecule has 1 unspecified atom stereocenters. The average Bonchev–Trinajstić information content (AvgIpc) is 3.07. The number of ether oxygens (including phenoxy) is 1. The lowest BCUT2D eigenvalue weighted by molar-refractivity contribution is 0.224. The predicted octanol–water partition coefficient (Wildman–Crippen LogP) is 3.54. The van der Waals surface area contributed by atoms with Crippen molar-refractivity contribution in [3.63, 3.8) is 0 Å². The quantitative estimate of drug-likeness (QED) is 0.558. The molecule has 2 N–H and O–H groups in total. The van der Waals surface area contributed by atoms with Crippen molar-refractivity contribution in [2.24, 2.45) is 4.99 Å². The van der Waals surface area contributed by atoms with E-state index in [-0.39, 0.29) is 6.10 Å². The molecule has 25 heavy (non-hydrogen) atoms. The zero-order valence-corrected chi connectivity index (χ0v) is 16.3. The van der Waals surface area contributed by atoms with Crippen LogP contribution in [0.5, 0.6) is 5.75 Å². The van der Waals surface area contributed by atoms with Crippen molar-refractivity contribution in [1.29, 1.82) is 0 Å². The molecule has 1 aromatic carbocycles. The Morgan fingerprint density at radius 2 is 2.00 bits per heavy atom. The third-order valence-electron chi connectivity index (χ3n) is 3.58. The third kappa shape index (κ3) is 6.74. The summed E-state index contributed by atoms with van der Waals surface area (Å²) in [5.74, 6) is 1.67. The molecule has 0 radical (unpaired) electrons. The van der Waals surface area contributed by atoms with Gasteiger partial charge in [0, 0.05) is 17.6 Å². The van der Waals surface area contributed by atoms with Crippen LogP contribution in [0.2, 0.25) is 0 Å². The van der Waals surface area contributed by atoms with Gasteiger partial charge in [-0.15, -0.1) is 11.3 Å². The number of guanidine groups is 1. The Kier molecular flexibility index (Phi) is 7.73. The number of aryl methyl sites for hydroxylation is 2. The molecule has 1 atom stereocenters. The monoisotopic (exact) mass is 360 g/mol. The lowest BCUT2D eigenvalue weighted by Crippen LogP contribution is -2.41. The lowest BCUT2D eigenvalue weighted by Gasteiger charge is -2.17.